The smallest absolute Gasteiger partial charge is 0.240 e. The molecule has 1 unspecified atom stereocenters. The van der Waals surface area contributed by atoms with Crippen LogP contribution in [0.25, 0.3) is 11.0 Å². The number of Topliss-reactive ketones (excluding diaryl/α,β-unsaturated/α-hetero) is 1. The molecular weight excluding hydrogens is 528 g/mol. The molecule has 1 amide bonds. The predicted molar refractivity (Wildman–Crippen MR) is 164 cm³/mol. The lowest BCUT2D eigenvalue weighted by atomic mass is 9.86. The molecular formula is C34H50N4O4. The third kappa shape index (κ3) is 6.29. The second-order valence-corrected chi connectivity index (χ2v) is 14.4. The van der Waals surface area contributed by atoms with Gasteiger partial charge < -0.3 is 20.1 Å². The van der Waals surface area contributed by atoms with Gasteiger partial charge in [0.25, 0.3) is 0 Å². The number of benzene rings is 1. The van der Waals surface area contributed by atoms with Crippen molar-refractivity contribution in [3.8, 4) is 11.6 Å². The number of aryl methyl sites for hydroxylation is 1. The molecule has 230 valence electrons. The average Bonchev–Trinajstić information content (AvgIpc) is 3.25. The lowest BCUT2D eigenvalue weighted by Gasteiger charge is -2.32. The molecule has 8 heteroatoms. The van der Waals surface area contributed by atoms with E-state index < -0.39 is 23.6 Å². The highest BCUT2D eigenvalue weighted by Crippen LogP contribution is 2.60. The Morgan fingerprint density at radius 1 is 1.05 bits per heavy atom. The molecule has 2 aromatic rings. The maximum atomic E-state index is 13.4. The van der Waals surface area contributed by atoms with E-state index >= 15 is 0 Å². The lowest BCUT2D eigenvalue weighted by molar-refractivity contribution is -0.140. The zero-order valence-corrected chi connectivity index (χ0v) is 26.6. The number of carbonyl (C=O) groups is 2. The fourth-order valence-electron chi connectivity index (χ4n) is 7.47. The number of ketones is 1. The molecule has 2 aliphatic carbocycles. The summed E-state index contributed by atoms with van der Waals surface area (Å²) >= 11 is 0. The number of ether oxygens (including phenoxy) is 2. The summed E-state index contributed by atoms with van der Waals surface area (Å²) in [4.78, 5) is 37.7. The Hall–Kier alpha value is -2.74. The van der Waals surface area contributed by atoms with E-state index in [1.165, 1.54) is 32.6 Å². The number of amides is 1. The molecule has 42 heavy (non-hydrogen) atoms. The second kappa shape index (κ2) is 12.1. The minimum atomic E-state index is -0.716. The van der Waals surface area contributed by atoms with Crippen molar-refractivity contribution in [2.75, 3.05) is 13.7 Å². The van der Waals surface area contributed by atoms with E-state index in [2.05, 4.69) is 6.92 Å². The molecule has 0 radical (unpaired) electrons. The van der Waals surface area contributed by atoms with Crippen LogP contribution in [0.3, 0.4) is 0 Å². The average molecular weight is 579 g/mol. The first-order valence-electron chi connectivity index (χ1n) is 16.0. The van der Waals surface area contributed by atoms with Crippen LogP contribution in [0.1, 0.15) is 85.8 Å². The van der Waals surface area contributed by atoms with Gasteiger partial charge >= 0.3 is 0 Å². The van der Waals surface area contributed by atoms with Crippen molar-refractivity contribution >= 4 is 22.7 Å². The van der Waals surface area contributed by atoms with Crippen molar-refractivity contribution in [2.45, 2.75) is 105 Å². The Bertz CT molecular complexity index is 1290. The zero-order chi connectivity index (χ0) is 30.3. The Balaban J connectivity index is 1.30. The first kappa shape index (κ1) is 30.7. The molecule has 1 aromatic heterocycles. The molecule has 0 bridgehead atoms. The molecule has 8 nitrogen and oxygen atoms in total. The van der Waals surface area contributed by atoms with Crippen molar-refractivity contribution in [1.29, 1.82) is 0 Å². The lowest BCUT2D eigenvalue weighted by Crippen LogP contribution is -2.53. The van der Waals surface area contributed by atoms with E-state index in [-0.39, 0.29) is 24.2 Å². The molecule has 3 fully saturated rings. The third-order valence-corrected chi connectivity index (χ3v) is 10.4. The number of nitrogens with zero attached hydrogens (tertiary/aromatic N) is 3. The number of hydrogen-bond donors (Lipinski definition) is 1. The van der Waals surface area contributed by atoms with Crippen molar-refractivity contribution in [1.82, 2.24) is 14.9 Å². The molecule has 3 aliphatic rings. The van der Waals surface area contributed by atoms with Crippen LogP contribution in [0.2, 0.25) is 0 Å². The summed E-state index contributed by atoms with van der Waals surface area (Å²) in [6, 6.07) is 4.39. The van der Waals surface area contributed by atoms with Crippen molar-refractivity contribution in [3.05, 3.63) is 23.9 Å². The highest BCUT2D eigenvalue weighted by Gasteiger charge is 2.52. The summed E-state index contributed by atoms with van der Waals surface area (Å²) in [5.74, 6) is 4.60. The Kier molecular flexibility index (Phi) is 8.85. The van der Waals surface area contributed by atoms with E-state index in [0.29, 0.717) is 17.1 Å². The topological polar surface area (TPSA) is 108 Å². The van der Waals surface area contributed by atoms with Gasteiger partial charge in [0.05, 0.1) is 36.8 Å². The number of unbranched alkanes of at least 4 members (excludes halogenated alkanes) is 2. The van der Waals surface area contributed by atoms with Gasteiger partial charge in [-0.15, -0.1) is 0 Å². The van der Waals surface area contributed by atoms with Gasteiger partial charge in [-0.2, -0.15) is 0 Å². The number of aromatic nitrogens is 2. The van der Waals surface area contributed by atoms with Gasteiger partial charge in [-0.25, -0.2) is 9.97 Å². The van der Waals surface area contributed by atoms with Gasteiger partial charge in [0, 0.05) is 12.0 Å². The first-order valence-corrected chi connectivity index (χ1v) is 16.0. The highest BCUT2D eigenvalue weighted by molar-refractivity contribution is 5.91. The predicted octanol–water partition coefficient (Wildman–Crippen LogP) is 5.59. The summed E-state index contributed by atoms with van der Waals surface area (Å²) in [7, 11) is 1.63. The van der Waals surface area contributed by atoms with E-state index in [9.17, 15) is 9.59 Å². The minimum Gasteiger partial charge on any atom is -0.497 e. The minimum absolute atomic E-state index is 0.0633. The van der Waals surface area contributed by atoms with Crippen LogP contribution >= 0.6 is 0 Å². The molecule has 1 aromatic carbocycles. The number of nitrogens with two attached hydrogens (primary N) is 1. The molecule has 2 heterocycles. The monoisotopic (exact) mass is 578 g/mol. The van der Waals surface area contributed by atoms with E-state index in [1.807, 2.05) is 45.9 Å². The van der Waals surface area contributed by atoms with Crippen LogP contribution in [-0.4, -0.2) is 58.4 Å². The van der Waals surface area contributed by atoms with E-state index in [1.54, 1.807) is 12.0 Å². The number of fused-ring (bicyclic) bond motifs is 2. The van der Waals surface area contributed by atoms with Crippen LogP contribution in [0.5, 0.6) is 11.6 Å². The maximum Gasteiger partial charge on any atom is 0.240 e. The second-order valence-electron chi connectivity index (χ2n) is 14.4. The first-order chi connectivity index (χ1) is 19.9. The molecule has 2 N–H and O–H groups in total. The van der Waals surface area contributed by atoms with Gasteiger partial charge in [-0.1, -0.05) is 53.9 Å². The standard InChI is InChI=1S/C34H50N4O4/c1-19-24-15-22(16-25(19)24)11-9-8-10-12-27-32(37-28-17-23(41-7)13-14-26(28)36-27)42-29-18-38(30(20(29)2)21(3)39)33(40)31(35)34(4,5)6/h13-14,17,19-20,22,24-25,29-31H,8-12,15-16,18,35H2,1-7H3/t19-,20-,22+,24+,25-,29?,30+,31-/m1/s1. The van der Waals surface area contributed by atoms with Gasteiger partial charge in [0.2, 0.25) is 11.8 Å². The molecule has 1 aliphatic heterocycles. The van der Waals surface area contributed by atoms with Crippen LogP contribution in [0.4, 0.5) is 0 Å². The zero-order valence-electron chi connectivity index (χ0n) is 26.6. The third-order valence-electron chi connectivity index (χ3n) is 10.4. The Morgan fingerprint density at radius 2 is 1.76 bits per heavy atom. The molecule has 1 saturated heterocycles. The van der Waals surface area contributed by atoms with Crippen LogP contribution < -0.4 is 15.2 Å². The van der Waals surface area contributed by atoms with Gasteiger partial charge in [-0.3, -0.25) is 9.59 Å². The molecule has 2 saturated carbocycles. The number of carbonyl (C=O) groups excluding carboxylic acids is 2. The summed E-state index contributed by atoms with van der Waals surface area (Å²) in [6.07, 6.45) is 7.99. The van der Waals surface area contributed by atoms with Gasteiger partial charge in [0.1, 0.15) is 17.5 Å². The summed E-state index contributed by atoms with van der Waals surface area (Å²) < 4.78 is 12.0. The molecule has 5 rings (SSSR count). The quantitative estimate of drug-likeness (QED) is 0.346. The van der Waals surface area contributed by atoms with Crippen LogP contribution in [0.15, 0.2) is 18.2 Å². The fraction of sp³-hybridized carbons (Fsp3) is 0.706. The van der Waals surface area contributed by atoms with Gasteiger partial charge in [-0.05, 0) is 73.8 Å². The maximum absolute atomic E-state index is 13.4. The summed E-state index contributed by atoms with van der Waals surface area (Å²) in [6.45, 7) is 12.0. The molecule has 8 atom stereocenters. The summed E-state index contributed by atoms with van der Waals surface area (Å²) in [5.41, 5.74) is 8.24. The largest absolute Gasteiger partial charge is 0.497 e. The SMILES string of the molecule is COc1ccc2nc(CCCCC[C@@H]3C[C@@H]4[C@H](C)[C@@H]4C3)c(OC3CN(C(=O)[C@@H](N)C(C)(C)C)[C@H](C(C)=O)[C@@H]3C)nc2c1. The number of hydrogen-bond acceptors (Lipinski definition) is 7. The van der Waals surface area contributed by atoms with Crippen LogP contribution in [0, 0.1) is 35.0 Å². The normalized spacial score (nSPS) is 29.4. The fourth-order valence-corrected chi connectivity index (χ4v) is 7.47. The van der Waals surface area contributed by atoms with Crippen LogP contribution in [-0.2, 0) is 16.0 Å². The van der Waals surface area contributed by atoms with Crippen molar-refractivity contribution in [2.24, 2.45) is 40.7 Å². The number of methoxy groups -OCH3 is 1. The Labute approximate surface area is 251 Å². The van der Waals surface area contributed by atoms with Crippen molar-refractivity contribution in [3.63, 3.8) is 0 Å². The highest BCUT2D eigenvalue weighted by atomic mass is 16.5. The number of rotatable bonds is 11. The van der Waals surface area contributed by atoms with Crippen molar-refractivity contribution < 1.29 is 19.1 Å². The number of likely N-dealkylation sites (tertiary alicyclic amines) is 1. The van der Waals surface area contributed by atoms with E-state index in [4.69, 9.17) is 25.2 Å². The van der Waals surface area contributed by atoms with Gasteiger partial charge in [0.15, 0.2) is 5.78 Å². The molecule has 0 spiro atoms. The van der Waals surface area contributed by atoms with E-state index in [0.717, 1.165) is 54.1 Å². The summed E-state index contributed by atoms with van der Waals surface area (Å²) in [5, 5.41) is 0. The Morgan fingerprint density at radius 3 is 2.40 bits per heavy atom.